The normalized spacial score (nSPS) is 37.0. The van der Waals surface area contributed by atoms with Crippen LogP contribution in [-0.4, -0.2) is 24.3 Å². The van der Waals surface area contributed by atoms with E-state index in [-0.39, 0.29) is 5.54 Å². The third-order valence-electron chi connectivity index (χ3n) is 6.02. The highest BCUT2D eigenvalue weighted by Gasteiger charge is 2.45. The summed E-state index contributed by atoms with van der Waals surface area (Å²) in [5, 5.41) is 3.72. The molecule has 3 atom stereocenters. The van der Waals surface area contributed by atoms with Gasteiger partial charge in [-0.25, -0.2) is 0 Å². The van der Waals surface area contributed by atoms with Crippen molar-refractivity contribution in [2.75, 3.05) is 13.2 Å². The second-order valence-electron chi connectivity index (χ2n) is 8.62. The first-order valence-corrected chi connectivity index (χ1v) is 8.86. The van der Waals surface area contributed by atoms with E-state index in [0.29, 0.717) is 5.60 Å². The molecule has 3 unspecified atom stereocenters. The molecule has 0 aromatic carbocycles. The van der Waals surface area contributed by atoms with E-state index in [1.165, 1.54) is 57.9 Å². The first kappa shape index (κ1) is 14.8. The van der Waals surface area contributed by atoms with Crippen LogP contribution in [0.2, 0.25) is 0 Å². The Balaban J connectivity index is 1.53. The van der Waals surface area contributed by atoms with Crippen LogP contribution in [0.25, 0.3) is 0 Å². The number of hydrogen-bond donors (Lipinski definition) is 1. The Morgan fingerprint density at radius 2 is 1.85 bits per heavy atom. The zero-order valence-corrected chi connectivity index (χ0v) is 13.7. The summed E-state index contributed by atoms with van der Waals surface area (Å²) in [7, 11) is 0. The van der Waals surface area contributed by atoms with E-state index >= 15 is 0 Å². The van der Waals surface area contributed by atoms with Gasteiger partial charge in [0, 0.05) is 12.1 Å². The highest BCUT2D eigenvalue weighted by Crippen LogP contribution is 2.49. The van der Waals surface area contributed by atoms with Crippen LogP contribution in [0.3, 0.4) is 0 Å². The number of nitrogens with one attached hydrogen (secondary N) is 1. The molecule has 1 N–H and O–H groups in total. The molecule has 0 bridgehead atoms. The summed E-state index contributed by atoms with van der Waals surface area (Å²) >= 11 is 0. The lowest BCUT2D eigenvalue weighted by Gasteiger charge is -2.48. The monoisotopic (exact) mass is 279 g/mol. The SMILES string of the molecule is CC(C)(C)NCC1CCC1C1CCOC2(CCCC2)C1. The summed E-state index contributed by atoms with van der Waals surface area (Å²) in [5.74, 6) is 2.85. The highest BCUT2D eigenvalue weighted by molar-refractivity contribution is 4.96. The van der Waals surface area contributed by atoms with Crippen molar-refractivity contribution >= 4 is 0 Å². The van der Waals surface area contributed by atoms with Crippen molar-refractivity contribution in [2.24, 2.45) is 17.8 Å². The van der Waals surface area contributed by atoms with E-state index < -0.39 is 0 Å². The minimum atomic E-state index is 0.266. The minimum absolute atomic E-state index is 0.266. The van der Waals surface area contributed by atoms with Gasteiger partial charge in [-0.1, -0.05) is 12.8 Å². The van der Waals surface area contributed by atoms with Gasteiger partial charge >= 0.3 is 0 Å². The molecule has 3 aliphatic rings. The summed E-state index contributed by atoms with van der Waals surface area (Å²) in [5.41, 5.74) is 0.572. The maximum Gasteiger partial charge on any atom is 0.0685 e. The van der Waals surface area contributed by atoms with E-state index in [9.17, 15) is 0 Å². The summed E-state index contributed by atoms with van der Waals surface area (Å²) in [6, 6.07) is 0. The molecule has 1 heterocycles. The minimum Gasteiger partial charge on any atom is -0.375 e. The van der Waals surface area contributed by atoms with Crippen molar-refractivity contribution in [2.45, 2.75) is 83.3 Å². The molecule has 3 fully saturated rings. The van der Waals surface area contributed by atoms with Gasteiger partial charge in [0.15, 0.2) is 0 Å². The molecule has 0 amide bonds. The van der Waals surface area contributed by atoms with Gasteiger partial charge in [0.1, 0.15) is 0 Å². The van der Waals surface area contributed by atoms with Crippen LogP contribution in [0.4, 0.5) is 0 Å². The molecule has 20 heavy (non-hydrogen) atoms. The van der Waals surface area contributed by atoms with Gasteiger partial charge in [-0.2, -0.15) is 0 Å². The first-order chi connectivity index (χ1) is 9.48. The lowest BCUT2D eigenvalue weighted by atomic mass is 9.63. The summed E-state index contributed by atoms with van der Waals surface area (Å²) in [6.07, 6.45) is 11.1. The van der Waals surface area contributed by atoms with E-state index in [0.717, 1.165) is 24.4 Å². The fourth-order valence-electron chi connectivity index (χ4n) is 4.71. The van der Waals surface area contributed by atoms with Crippen molar-refractivity contribution in [1.29, 1.82) is 0 Å². The molecule has 1 spiro atoms. The molecule has 2 heteroatoms. The van der Waals surface area contributed by atoms with Crippen LogP contribution in [0, 0.1) is 17.8 Å². The summed E-state index contributed by atoms with van der Waals surface area (Å²) in [4.78, 5) is 0. The Morgan fingerprint density at radius 1 is 1.10 bits per heavy atom. The molecule has 2 saturated carbocycles. The Kier molecular flexibility index (Phi) is 4.16. The number of hydrogen-bond acceptors (Lipinski definition) is 2. The summed E-state index contributed by atoms with van der Waals surface area (Å²) in [6.45, 7) is 9.09. The predicted molar refractivity (Wildman–Crippen MR) is 83.8 cm³/mol. The molecule has 2 nitrogen and oxygen atoms in total. The molecule has 116 valence electrons. The van der Waals surface area contributed by atoms with Crippen LogP contribution < -0.4 is 5.32 Å². The second-order valence-corrected chi connectivity index (χ2v) is 8.62. The van der Waals surface area contributed by atoms with Gasteiger partial charge in [-0.3, -0.25) is 0 Å². The third-order valence-corrected chi connectivity index (χ3v) is 6.02. The average Bonchev–Trinajstić information content (AvgIpc) is 2.74. The Bertz CT molecular complexity index is 327. The fraction of sp³-hybridized carbons (Fsp3) is 1.00. The van der Waals surface area contributed by atoms with Crippen LogP contribution in [0.1, 0.15) is 72.1 Å². The molecule has 2 aliphatic carbocycles. The van der Waals surface area contributed by atoms with Crippen LogP contribution >= 0.6 is 0 Å². The lowest BCUT2D eigenvalue weighted by Crippen LogP contribution is -2.48. The smallest absolute Gasteiger partial charge is 0.0685 e. The van der Waals surface area contributed by atoms with E-state index in [1.807, 2.05) is 0 Å². The maximum atomic E-state index is 6.21. The molecule has 0 radical (unpaired) electrons. The van der Waals surface area contributed by atoms with Crippen molar-refractivity contribution in [3.63, 3.8) is 0 Å². The van der Waals surface area contributed by atoms with E-state index in [2.05, 4.69) is 26.1 Å². The van der Waals surface area contributed by atoms with Crippen LogP contribution in [-0.2, 0) is 4.74 Å². The Labute approximate surface area is 125 Å². The summed E-state index contributed by atoms with van der Waals surface area (Å²) < 4.78 is 6.21. The zero-order valence-electron chi connectivity index (χ0n) is 13.7. The van der Waals surface area contributed by atoms with Gasteiger partial charge in [-0.05, 0) is 83.6 Å². The molecule has 3 rings (SSSR count). The Morgan fingerprint density at radius 3 is 2.45 bits per heavy atom. The van der Waals surface area contributed by atoms with Crippen molar-refractivity contribution in [3.8, 4) is 0 Å². The topological polar surface area (TPSA) is 21.3 Å². The first-order valence-electron chi connectivity index (χ1n) is 8.86. The average molecular weight is 279 g/mol. The number of ether oxygens (including phenoxy) is 1. The maximum absolute atomic E-state index is 6.21. The predicted octanol–water partition coefficient (Wildman–Crippen LogP) is 4.14. The van der Waals surface area contributed by atoms with Crippen molar-refractivity contribution in [1.82, 2.24) is 5.32 Å². The second kappa shape index (κ2) is 5.61. The van der Waals surface area contributed by atoms with Crippen molar-refractivity contribution < 1.29 is 4.74 Å². The molecule has 1 saturated heterocycles. The lowest BCUT2D eigenvalue weighted by molar-refractivity contribution is -0.115. The highest BCUT2D eigenvalue weighted by atomic mass is 16.5. The standard InChI is InChI=1S/C18H33NO/c1-17(2,3)19-13-15-6-7-16(15)14-8-11-20-18(12-14)9-4-5-10-18/h14-16,19H,4-13H2,1-3H3. The third kappa shape index (κ3) is 3.22. The molecule has 0 aromatic rings. The molecule has 0 aromatic heterocycles. The molecular formula is C18H33NO. The van der Waals surface area contributed by atoms with Crippen molar-refractivity contribution in [3.05, 3.63) is 0 Å². The van der Waals surface area contributed by atoms with Gasteiger partial charge in [0.25, 0.3) is 0 Å². The van der Waals surface area contributed by atoms with E-state index in [1.54, 1.807) is 0 Å². The largest absolute Gasteiger partial charge is 0.375 e. The zero-order chi connectivity index (χ0) is 14.2. The van der Waals surface area contributed by atoms with Gasteiger partial charge in [0.2, 0.25) is 0 Å². The molecule has 1 aliphatic heterocycles. The number of rotatable bonds is 3. The van der Waals surface area contributed by atoms with Crippen LogP contribution in [0.15, 0.2) is 0 Å². The van der Waals surface area contributed by atoms with Gasteiger partial charge in [-0.15, -0.1) is 0 Å². The fourth-order valence-corrected chi connectivity index (χ4v) is 4.71. The molecular weight excluding hydrogens is 246 g/mol. The Hall–Kier alpha value is -0.0800. The van der Waals surface area contributed by atoms with Gasteiger partial charge in [0.05, 0.1) is 5.60 Å². The van der Waals surface area contributed by atoms with Gasteiger partial charge < -0.3 is 10.1 Å². The van der Waals surface area contributed by atoms with Crippen LogP contribution in [0.5, 0.6) is 0 Å². The quantitative estimate of drug-likeness (QED) is 0.838. The van der Waals surface area contributed by atoms with E-state index in [4.69, 9.17) is 4.74 Å².